The van der Waals surface area contributed by atoms with Gasteiger partial charge in [-0.1, -0.05) is 13.3 Å². The number of nitrogens with one attached hydrogen (secondary N) is 1. The number of halogens is 1. The first-order valence-electron chi connectivity index (χ1n) is 7.23. The van der Waals surface area contributed by atoms with Gasteiger partial charge >= 0.3 is 0 Å². The summed E-state index contributed by atoms with van der Waals surface area (Å²) in [5, 5.41) is 0. The summed E-state index contributed by atoms with van der Waals surface area (Å²) < 4.78 is 43.3. The third kappa shape index (κ3) is 5.02. The van der Waals surface area contributed by atoms with Gasteiger partial charge in [-0.15, -0.1) is 0 Å². The molecule has 2 rings (SSSR count). The van der Waals surface area contributed by atoms with E-state index < -0.39 is 21.7 Å². The molecule has 0 saturated carbocycles. The first-order valence-corrected chi connectivity index (χ1v) is 9.12. The van der Waals surface area contributed by atoms with Gasteiger partial charge in [-0.25, -0.2) is 17.5 Å². The van der Waals surface area contributed by atoms with E-state index in [0.29, 0.717) is 5.75 Å². The van der Waals surface area contributed by atoms with Gasteiger partial charge in [0.05, 0.1) is 12.5 Å². The van der Waals surface area contributed by atoms with Crippen LogP contribution in [-0.4, -0.2) is 25.6 Å². The summed E-state index contributed by atoms with van der Waals surface area (Å²) in [4.78, 5) is 15.9. The molecular weight excluding hydrogens is 335 g/mol. The summed E-state index contributed by atoms with van der Waals surface area (Å²) in [5.41, 5.74) is 0.791. The van der Waals surface area contributed by atoms with Crippen LogP contribution in [0.4, 0.5) is 4.39 Å². The van der Waals surface area contributed by atoms with Gasteiger partial charge in [-0.05, 0) is 36.8 Å². The Morgan fingerprint density at radius 1 is 1.29 bits per heavy atom. The number of amides is 1. The van der Waals surface area contributed by atoms with E-state index in [1.807, 2.05) is 6.92 Å². The van der Waals surface area contributed by atoms with Crippen LogP contribution in [0.3, 0.4) is 0 Å². The van der Waals surface area contributed by atoms with Crippen molar-refractivity contribution in [2.75, 3.05) is 6.26 Å². The lowest BCUT2D eigenvalue weighted by molar-refractivity contribution is 0.0981. The zero-order chi connectivity index (χ0) is 17.7. The quantitative estimate of drug-likeness (QED) is 0.864. The van der Waals surface area contributed by atoms with E-state index in [1.54, 1.807) is 16.9 Å². The number of ether oxygens (including phenoxy) is 1. The molecule has 1 N–H and O–H groups in total. The summed E-state index contributed by atoms with van der Waals surface area (Å²) in [6.45, 7) is 2.04. The van der Waals surface area contributed by atoms with E-state index in [0.717, 1.165) is 30.9 Å². The van der Waals surface area contributed by atoms with Gasteiger partial charge in [-0.2, -0.15) is 0 Å². The molecule has 24 heavy (non-hydrogen) atoms. The van der Waals surface area contributed by atoms with Gasteiger partial charge in [0.1, 0.15) is 5.75 Å². The van der Waals surface area contributed by atoms with Gasteiger partial charge in [0.2, 0.25) is 10.0 Å². The fourth-order valence-electron chi connectivity index (χ4n) is 1.95. The lowest BCUT2D eigenvalue weighted by Crippen LogP contribution is -2.29. The molecule has 0 radical (unpaired) electrons. The van der Waals surface area contributed by atoms with Crippen molar-refractivity contribution in [1.82, 2.24) is 9.71 Å². The maximum atomic E-state index is 14.1. The molecule has 1 aromatic carbocycles. The fourth-order valence-corrected chi connectivity index (χ4v) is 2.41. The summed E-state index contributed by atoms with van der Waals surface area (Å²) in [6.07, 6.45) is 4.15. The topological polar surface area (TPSA) is 85.4 Å². The van der Waals surface area contributed by atoms with Gasteiger partial charge in [-0.3, -0.25) is 9.78 Å². The van der Waals surface area contributed by atoms with Crippen molar-refractivity contribution in [3.05, 3.63) is 53.6 Å². The number of aryl methyl sites for hydroxylation is 1. The van der Waals surface area contributed by atoms with E-state index in [1.165, 1.54) is 18.3 Å². The number of carbonyl (C=O) groups is 1. The standard InChI is InChI=1S/C16H17FN2O4S/c1-3-4-12-6-7-13(10-18-12)23-15-8-5-11(9-14(15)17)16(20)19-24(2,21)22/h5-10H,3-4H2,1-2H3,(H,19,20). The Labute approximate surface area is 139 Å². The predicted octanol–water partition coefficient (Wildman–Crippen LogP) is 2.65. The number of hydrogen-bond acceptors (Lipinski definition) is 5. The number of aromatic nitrogens is 1. The number of pyridine rings is 1. The molecule has 0 spiro atoms. The van der Waals surface area contributed by atoms with Crippen molar-refractivity contribution in [1.29, 1.82) is 0 Å². The van der Waals surface area contributed by atoms with Crippen LogP contribution in [0.5, 0.6) is 11.5 Å². The molecule has 0 unspecified atom stereocenters. The highest BCUT2D eigenvalue weighted by Gasteiger charge is 2.14. The molecule has 0 fully saturated rings. The molecule has 0 atom stereocenters. The second kappa shape index (κ2) is 7.39. The van der Waals surface area contributed by atoms with Crippen molar-refractivity contribution in [3.8, 4) is 11.5 Å². The number of sulfonamides is 1. The summed E-state index contributed by atoms with van der Waals surface area (Å²) in [6, 6.07) is 6.92. The van der Waals surface area contributed by atoms with E-state index in [2.05, 4.69) is 4.98 Å². The minimum absolute atomic E-state index is 0.0871. The van der Waals surface area contributed by atoms with Crippen LogP contribution in [0.15, 0.2) is 36.5 Å². The van der Waals surface area contributed by atoms with Crippen molar-refractivity contribution >= 4 is 15.9 Å². The van der Waals surface area contributed by atoms with E-state index >= 15 is 0 Å². The Morgan fingerprint density at radius 3 is 2.58 bits per heavy atom. The maximum absolute atomic E-state index is 14.1. The fraction of sp³-hybridized carbons (Fsp3) is 0.250. The first kappa shape index (κ1) is 17.9. The highest BCUT2D eigenvalue weighted by atomic mass is 32.2. The molecule has 0 saturated heterocycles. The second-order valence-corrected chi connectivity index (χ2v) is 6.93. The SMILES string of the molecule is CCCc1ccc(Oc2ccc(C(=O)NS(C)(=O)=O)cc2F)cn1. The molecule has 1 aromatic heterocycles. The number of rotatable bonds is 6. The van der Waals surface area contributed by atoms with E-state index in [9.17, 15) is 17.6 Å². The maximum Gasteiger partial charge on any atom is 0.264 e. The van der Waals surface area contributed by atoms with Crippen LogP contribution < -0.4 is 9.46 Å². The molecular formula is C16H17FN2O4S. The molecule has 1 amide bonds. The van der Waals surface area contributed by atoms with Crippen LogP contribution in [-0.2, 0) is 16.4 Å². The minimum Gasteiger partial charge on any atom is -0.453 e. The Balaban J connectivity index is 2.13. The summed E-state index contributed by atoms with van der Waals surface area (Å²) in [5.74, 6) is -1.42. The molecule has 6 nitrogen and oxygen atoms in total. The van der Waals surface area contributed by atoms with Crippen molar-refractivity contribution in [2.45, 2.75) is 19.8 Å². The number of carbonyl (C=O) groups excluding carboxylic acids is 1. The van der Waals surface area contributed by atoms with Gasteiger partial charge in [0.25, 0.3) is 5.91 Å². The molecule has 0 aliphatic heterocycles. The number of benzene rings is 1. The largest absolute Gasteiger partial charge is 0.453 e. The summed E-state index contributed by atoms with van der Waals surface area (Å²) >= 11 is 0. The first-order chi connectivity index (χ1) is 11.3. The lowest BCUT2D eigenvalue weighted by Gasteiger charge is -2.09. The van der Waals surface area contributed by atoms with Crippen LogP contribution in [0, 0.1) is 5.82 Å². The third-order valence-electron chi connectivity index (χ3n) is 3.00. The van der Waals surface area contributed by atoms with E-state index in [4.69, 9.17) is 4.74 Å². The Hall–Kier alpha value is -2.48. The lowest BCUT2D eigenvalue weighted by atomic mass is 10.2. The molecule has 0 aliphatic carbocycles. The molecule has 0 bridgehead atoms. The van der Waals surface area contributed by atoms with Gasteiger partial charge in [0, 0.05) is 11.3 Å². The van der Waals surface area contributed by atoms with Crippen LogP contribution in [0.25, 0.3) is 0 Å². The summed E-state index contributed by atoms with van der Waals surface area (Å²) in [7, 11) is -3.71. The Kier molecular flexibility index (Phi) is 5.50. The zero-order valence-electron chi connectivity index (χ0n) is 13.2. The molecule has 0 aliphatic rings. The molecule has 8 heteroatoms. The highest BCUT2D eigenvalue weighted by Crippen LogP contribution is 2.25. The van der Waals surface area contributed by atoms with Crippen LogP contribution >= 0.6 is 0 Å². The molecule has 1 heterocycles. The second-order valence-electron chi connectivity index (χ2n) is 5.19. The predicted molar refractivity (Wildman–Crippen MR) is 87.0 cm³/mol. The number of nitrogens with zero attached hydrogens (tertiary/aromatic N) is 1. The minimum atomic E-state index is -3.71. The van der Waals surface area contributed by atoms with Crippen LogP contribution in [0.2, 0.25) is 0 Å². The smallest absolute Gasteiger partial charge is 0.264 e. The Morgan fingerprint density at radius 2 is 2.04 bits per heavy atom. The van der Waals surface area contributed by atoms with Crippen molar-refractivity contribution in [2.24, 2.45) is 0 Å². The molecule has 2 aromatic rings. The monoisotopic (exact) mass is 352 g/mol. The highest BCUT2D eigenvalue weighted by molar-refractivity contribution is 7.89. The van der Waals surface area contributed by atoms with E-state index in [-0.39, 0.29) is 11.3 Å². The average molecular weight is 352 g/mol. The van der Waals surface area contributed by atoms with Gasteiger partial charge in [0.15, 0.2) is 11.6 Å². The average Bonchev–Trinajstić information content (AvgIpc) is 2.49. The van der Waals surface area contributed by atoms with Crippen molar-refractivity contribution < 1.29 is 22.3 Å². The normalized spacial score (nSPS) is 11.1. The Bertz CT molecular complexity index is 836. The van der Waals surface area contributed by atoms with Crippen molar-refractivity contribution in [3.63, 3.8) is 0 Å². The van der Waals surface area contributed by atoms with Gasteiger partial charge < -0.3 is 4.74 Å². The molecule has 128 valence electrons. The zero-order valence-corrected chi connectivity index (χ0v) is 14.1. The van der Waals surface area contributed by atoms with Crippen LogP contribution in [0.1, 0.15) is 29.4 Å². The third-order valence-corrected chi connectivity index (χ3v) is 3.56. The number of hydrogen-bond donors (Lipinski definition) is 1.